The maximum absolute atomic E-state index is 12.0. The number of aliphatic carboxylic acids is 1. The van der Waals surface area contributed by atoms with E-state index in [0.717, 1.165) is 0 Å². The van der Waals surface area contributed by atoms with E-state index in [4.69, 9.17) is 9.84 Å². The summed E-state index contributed by atoms with van der Waals surface area (Å²) in [5, 5.41) is 13.4. The first-order valence-electron chi connectivity index (χ1n) is 5.45. The zero-order valence-corrected chi connectivity index (χ0v) is 10.6. The molecule has 96 valence electrons. The van der Waals surface area contributed by atoms with Gasteiger partial charge in [0.05, 0.1) is 13.0 Å². The number of thiophene rings is 1. The van der Waals surface area contributed by atoms with Crippen LogP contribution in [0.4, 0.5) is 0 Å². The van der Waals surface area contributed by atoms with E-state index >= 15 is 0 Å². The Morgan fingerprint density at radius 2 is 2.28 bits per heavy atom. The number of ether oxygens (including phenoxy) is 1. The van der Waals surface area contributed by atoms with E-state index in [1.54, 1.807) is 23.6 Å². The molecule has 2 N–H and O–H groups in total. The van der Waals surface area contributed by atoms with Gasteiger partial charge in [-0.3, -0.25) is 9.59 Å². The SMILES string of the molecule is COc1ccsc1C(=O)NC1C=CC(C(=O)O)C1. The minimum absolute atomic E-state index is 0.231. The highest BCUT2D eigenvalue weighted by Gasteiger charge is 2.26. The first-order valence-corrected chi connectivity index (χ1v) is 6.33. The van der Waals surface area contributed by atoms with Crippen molar-refractivity contribution in [2.75, 3.05) is 7.11 Å². The van der Waals surface area contributed by atoms with E-state index < -0.39 is 11.9 Å². The van der Waals surface area contributed by atoms with Gasteiger partial charge in [-0.05, 0) is 17.9 Å². The van der Waals surface area contributed by atoms with Gasteiger partial charge in [0.15, 0.2) is 0 Å². The number of hydrogen-bond donors (Lipinski definition) is 2. The van der Waals surface area contributed by atoms with Crippen LogP contribution in [0, 0.1) is 5.92 Å². The Morgan fingerprint density at radius 3 is 2.89 bits per heavy atom. The number of methoxy groups -OCH3 is 1. The topological polar surface area (TPSA) is 75.6 Å². The Balaban J connectivity index is 1.98. The van der Waals surface area contributed by atoms with Crippen LogP contribution in [0.5, 0.6) is 5.75 Å². The first-order chi connectivity index (χ1) is 8.61. The second-order valence-corrected chi connectivity index (χ2v) is 4.88. The maximum Gasteiger partial charge on any atom is 0.310 e. The predicted molar refractivity (Wildman–Crippen MR) is 67.0 cm³/mol. The van der Waals surface area contributed by atoms with E-state index in [0.29, 0.717) is 17.0 Å². The molecule has 1 aliphatic rings. The van der Waals surface area contributed by atoms with Gasteiger partial charge >= 0.3 is 5.97 Å². The third-order valence-corrected chi connectivity index (χ3v) is 3.67. The van der Waals surface area contributed by atoms with Gasteiger partial charge in [0.1, 0.15) is 10.6 Å². The number of carboxylic acid groups (broad SMARTS) is 1. The Morgan fingerprint density at radius 1 is 1.50 bits per heavy atom. The van der Waals surface area contributed by atoms with Gasteiger partial charge in [0.2, 0.25) is 0 Å². The Hall–Kier alpha value is -1.82. The second-order valence-electron chi connectivity index (χ2n) is 3.96. The molecule has 2 rings (SSSR count). The molecule has 18 heavy (non-hydrogen) atoms. The van der Waals surface area contributed by atoms with Gasteiger partial charge in [0.25, 0.3) is 5.91 Å². The zero-order valence-electron chi connectivity index (χ0n) is 9.75. The number of amides is 1. The lowest BCUT2D eigenvalue weighted by atomic mass is 10.1. The van der Waals surface area contributed by atoms with Crippen molar-refractivity contribution in [1.82, 2.24) is 5.32 Å². The average molecular weight is 267 g/mol. The van der Waals surface area contributed by atoms with Crippen LogP contribution in [0.15, 0.2) is 23.6 Å². The molecule has 1 heterocycles. The van der Waals surface area contributed by atoms with Crippen molar-refractivity contribution in [1.29, 1.82) is 0 Å². The van der Waals surface area contributed by atoms with Crippen molar-refractivity contribution < 1.29 is 19.4 Å². The molecule has 1 amide bonds. The summed E-state index contributed by atoms with van der Waals surface area (Å²) >= 11 is 1.30. The van der Waals surface area contributed by atoms with Gasteiger partial charge in [-0.25, -0.2) is 0 Å². The van der Waals surface area contributed by atoms with Crippen molar-refractivity contribution in [3.63, 3.8) is 0 Å². The number of rotatable bonds is 4. The Labute approximate surface area is 108 Å². The summed E-state index contributed by atoms with van der Waals surface area (Å²) in [7, 11) is 1.51. The minimum Gasteiger partial charge on any atom is -0.495 e. The van der Waals surface area contributed by atoms with Crippen LogP contribution >= 0.6 is 11.3 Å². The number of nitrogens with one attached hydrogen (secondary N) is 1. The normalized spacial score (nSPS) is 21.8. The number of carboxylic acids is 1. The van der Waals surface area contributed by atoms with Crippen LogP contribution in [0.1, 0.15) is 16.1 Å². The fourth-order valence-corrected chi connectivity index (χ4v) is 2.61. The number of carbonyl (C=O) groups is 2. The van der Waals surface area contributed by atoms with Crippen molar-refractivity contribution in [3.8, 4) is 5.75 Å². The zero-order chi connectivity index (χ0) is 13.1. The maximum atomic E-state index is 12.0. The largest absolute Gasteiger partial charge is 0.495 e. The summed E-state index contributed by atoms with van der Waals surface area (Å²) < 4.78 is 5.07. The summed E-state index contributed by atoms with van der Waals surface area (Å²) in [6.07, 6.45) is 3.73. The van der Waals surface area contributed by atoms with Crippen LogP contribution in [-0.2, 0) is 4.79 Å². The summed E-state index contributed by atoms with van der Waals surface area (Å²) in [6, 6.07) is 1.50. The smallest absolute Gasteiger partial charge is 0.310 e. The molecule has 2 atom stereocenters. The molecule has 0 spiro atoms. The van der Waals surface area contributed by atoms with Crippen LogP contribution in [0.3, 0.4) is 0 Å². The monoisotopic (exact) mass is 267 g/mol. The van der Waals surface area contributed by atoms with Gasteiger partial charge in [-0.2, -0.15) is 0 Å². The second kappa shape index (κ2) is 5.22. The summed E-state index contributed by atoms with van der Waals surface area (Å²) in [4.78, 5) is 23.2. The van der Waals surface area contributed by atoms with Gasteiger partial charge in [-0.15, -0.1) is 11.3 Å². The standard InChI is InChI=1S/C12H13NO4S/c1-17-9-4-5-18-10(9)11(14)13-8-3-2-7(6-8)12(15)16/h2-5,7-8H,6H2,1H3,(H,13,14)(H,15,16). The average Bonchev–Trinajstić information content (AvgIpc) is 2.96. The van der Waals surface area contributed by atoms with Crippen molar-refractivity contribution >= 4 is 23.2 Å². The van der Waals surface area contributed by atoms with Crippen molar-refractivity contribution in [2.45, 2.75) is 12.5 Å². The Kier molecular flexibility index (Phi) is 3.66. The van der Waals surface area contributed by atoms with Crippen molar-refractivity contribution in [2.24, 2.45) is 5.92 Å². The van der Waals surface area contributed by atoms with E-state index in [1.165, 1.54) is 18.4 Å². The summed E-state index contributed by atoms with van der Waals surface area (Å²) in [6.45, 7) is 0. The molecule has 0 fully saturated rings. The molecule has 5 nitrogen and oxygen atoms in total. The van der Waals surface area contributed by atoms with Crippen LogP contribution in [-0.4, -0.2) is 30.1 Å². The van der Waals surface area contributed by atoms with Crippen LogP contribution in [0.25, 0.3) is 0 Å². The molecule has 1 aromatic rings. The molecular formula is C12H13NO4S. The lowest BCUT2D eigenvalue weighted by molar-refractivity contribution is -0.140. The van der Waals surface area contributed by atoms with Gasteiger partial charge in [0, 0.05) is 6.04 Å². The highest BCUT2D eigenvalue weighted by Crippen LogP contribution is 2.25. The number of carbonyl (C=O) groups excluding carboxylic acids is 1. The van der Waals surface area contributed by atoms with Gasteiger partial charge in [-0.1, -0.05) is 12.2 Å². The van der Waals surface area contributed by atoms with Crippen LogP contribution in [0.2, 0.25) is 0 Å². The molecule has 1 aliphatic carbocycles. The molecule has 0 aliphatic heterocycles. The van der Waals surface area contributed by atoms with E-state index in [9.17, 15) is 9.59 Å². The molecule has 0 bridgehead atoms. The van der Waals surface area contributed by atoms with Crippen molar-refractivity contribution in [3.05, 3.63) is 28.5 Å². The molecule has 6 heteroatoms. The van der Waals surface area contributed by atoms with Crippen LogP contribution < -0.4 is 10.1 Å². The first kappa shape index (κ1) is 12.6. The summed E-state index contributed by atoms with van der Waals surface area (Å²) in [5.41, 5.74) is 0. The fraction of sp³-hybridized carbons (Fsp3) is 0.333. The molecule has 0 aromatic carbocycles. The third-order valence-electron chi connectivity index (χ3n) is 2.77. The molecule has 0 saturated heterocycles. The third kappa shape index (κ3) is 2.53. The highest BCUT2D eigenvalue weighted by atomic mass is 32.1. The predicted octanol–water partition coefficient (Wildman–Crippen LogP) is 1.52. The minimum atomic E-state index is -0.864. The van der Waals surface area contributed by atoms with E-state index in [2.05, 4.69) is 5.32 Å². The molecule has 1 aromatic heterocycles. The van der Waals surface area contributed by atoms with Gasteiger partial charge < -0.3 is 15.2 Å². The summed E-state index contributed by atoms with van der Waals surface area (Å²) in [5.74, 6) is -1.07. The molecule has 2 unspecified atom stereocenters. The van der Waals surface area contributed by atoms with E-state index in [-0.39, 0.29) is 11.9 Å². The lowest BCUT2D eigenvalue weighted by Crippen LogP contribution is -2.33. The molecule has 0 saturated carbocycles. The molecule has 0 radical (unpaired) electrons. The highest BCUT2D eigenvalue weighted by molar-refractivity contribution is 7.12. The lowest BCUT2D eigenvalue weighted by Gasteiger charge is -2.11. The quantitative estimate of drug-likeness (QED) is 0.811. The number of hydrogen-bond acceptors (Lipinski definition) is 4. The fourth-order valence-electron chi connectivity index (χ4n) is 1.85. The molecular weight excluding hydrogens is 254 g/mol. The Bertz CT molecular complexity index is 494. The van der Waals surface area contributed by atoms with E-state index in [1.807, 2.05) is 0 Å².